The van der Waals surface area contributed by atoms with Gasteiger partial charge in [-0.3, -0.25) is 24.5 Å². The van der Waals surface area contributed by atoms with E-state index >= 15 is 0 Å². The van der Waals surface area contributed by atoms with Crippen LogP contribution in [0.15, 0.2) is 36.2 Å². The third-order valence-electron chi connectivity index (χ3n) is 6.23. The summed E-state index contributed by atoms with van der Waals surface area (Å²) in [6, 6.07) is 5.55. The molecule has 6 nitrogen and oxygen atoms in total. The number of carbonyl (C=O) groups is 2. The summed E-state index contributed by atoms with van der Waals surface area (Å²) < 4.78 is 24.6. The largest absolute Gasteiger partial charge is 0.368 e. The highest BCUT2D eigenvalue weighted by atomic mass is 19.3. The minimum atomic E-state index is -2.48. The molecule has 2 aromatic heterocycles. The number of Topliss-reactive ketones (excluding diaryl/α,β-unsaturated/α-hetero) is 2. The van der Waals surface area contributed by atoms with Gasteiger partial charge in [-0.1, -0.05) is 13.0 Å². The number of allylic oxidation sites excluding steroid dienone is 1. The molecule has 1 aliphatic carbocycles. The molecule has 0 spiro atoms. The Balaban J connectivity index is 1.31. The fourth-order valence-electron chi connectivity index (χ4n) is 4.29. The summed E-state index contributed by atoms with van der Waals surface area (Å²) in [5.41, 5.74) is 5.02. The van der Waals surface area contributed by atoms with Crippen LogP contribution in [0.4, 0.5) is 14.5 Å². The molecule has 0 aromatic carbocycles. The van der Waals surface area contributed by atoms with Gasteiger partial charge in [0.25, 0.3) is 0 Å². The average molecular weight is 455 g/mol. The van der Waals surface area contributed by atoms with Gasteiger partial charge in [0, 0.05) is 58.2 Å². The molecule has 33 heavy (non-hydrogen) atoms. The van der Waals surface area contributed by atoms with Gasteiger partial charge in [-0.2, -0.15) is 0 Å². The van der Waals surface area contributed by atoms with E-state index in [4.69, 9.17) is 0 Å². The Morgan fingerprint density at radius 2 is 1.91 bits per heavy atom. The summed E-state index contributed by atoms with van der Waals surface area (Å²) in [6.45, 7) is 6.14. The standard InChI is InChI=1S/C25H28F2N4O2/c1-2-18-12-22-19(13-24(18)33)11-17(14-28-22)16-30-7-9-31(10-8-30)20-3-4-21(29-15-20)23(32)5-6-25(26)27/h3-4,11-12,14-15,25H,2,5-10,13,16H2,1H3. The number of aromatic nitrogens is 2. The number of nitrogens with zero attached hydrogens (tertiary/aromatic N) is 4. The van der Waals surface area contributed by atoms with Gasteiger partial charge in [-0.25, -0.2) is 8.78 Å². The minimum absolute atomic E-state index is 0.188. The summed E-state index contributed by atoms with van der Waals surface area (Å²) >= 11 is 0. The minimum Gasteiger partial charge on any atom is -0.368 e. The summed E-state index contributed by atoms with van der Waals surface area (Å²) in [6.07, 6.45) is 3.52. The van der Waals surface area contributed by atoms with Crippen molar-refractivity contribution < 1.29 is 18.4 Å². The Labute approximate surface area is 192 Å². The lowest BCUT2D eigenvalue weighted by atomic mass is 9.92. The smallest absolute Gasteiger partial charge is 0.239 e. The van der Waals surface area contributed by atoms with Crippen molar-refractivity contribution in [1.82, 2.24) is 14.9 Å². The highest BCUT2D eigenvalue weighted by molar-refractivity contribution is 6.03. The monoisotopic (exact) mass is 454 g/mol. The molecule has 0 saturated carbocycles. The third-order valence-corrected chi connectivity index (χ3v) is 6.23. The SMILES string of the molecule is CCC1=Cc2ncc(CN3CCN(c4ccc(C(=O)CCC(F)F)nc4)CC3)cc2CC1=O. The van der Waals surface area contributed by atoms with Gasteiger partial charge in [0.2, 0.25) is 6.43 Å². The number of hydrogen-bond donors (Lipinski definition) is 0. The van der Waals surface area contributed by atoms with Crippen LogP contribution < -0.4 is 4.90 Å². The number of rotatable bonds is 8. The van der Waals surface area contributed by atoms with Gasteiger partial charge < -0.3 is 4.90 Å². The molecule has 0 radical (unpaired) electrons. The number of fused-ring (bicyclic) bond motifs is 1. The van der Waals surface area contributed by atoms with Crippen LogP contribution in [0.25, 0.3) is 6.08 Å². The average Bonchev–Trinajstić information content (AvgIpc) is 2.82. The molecule has 0 atom stereocenters. The Morgan fingerprint density at radius 1 is 1.12 bits per heavy atom. The van der Waals surface area contributed by atoms with Gasteiger partial charge in [-0.15, -0.1) is 0 Å². The fourth-order valence-corrected chi connectivity index (χ4v) is 4.29. The van der Waals surface area contributed by atoms with Crippen LogP contribution in [0, 0.1) is 0 Å². The van der Waals surface area contributed by atoms with Gasteiger partial charge in [0.1, 0.15) is 5.69 Å². The summed E-state index contributed by atoms with van der Waals surface area (Å²) in [5, 5.41) is 0. The number of anilines is 1. The first-order valence-electron chi connectivity index (χ1n) is 11.4. The van der Waals surface area contributed by atoms with Crippen LogP contribution in [0.3, 0.4) is 0 Å². The number of carbonyl (C=O) groups excluding carboxylic acids is 2. The van der Waals surface area contributed by atoms with Crippen molar-refractivity contribution in [2.45, 2.75) is 45.6 Å². The van der Waals surface area contributed by atoms with Crippen LogP contribution in [0.1, 0.15) is 53.5 Å². The Kier molecular flexibility index (Phi) is 7.23. The molecular formula is C25H28F2N4O2. The Bertz CT molecular complexity index is 1040. The Hall–Kier alpha value is -3.00. The van der Waals surface area contributed by atoms with E-state index in [1.165, 1.54) is 0 Å². The van der Waals surface area contributed by atoms with Crippen molar-refractivity contribution in [3.63, 3.8) is 0 Å². The van der Waals surface area contributed by atoms with Gasteiger partial charge >= 0.3 is 0 Å². The van der Waals surface area contributed by atoms with E-state index in [-0.39, 0.29) is 23.7 Å². The van der Waals surface area contributed by atoms with Gasteiger partial charge in [0.15, 0.2) is 11.6 Å². The number of piperazine rings is 1. The summed E-state index contributed by atoms with van der Waals surface area (Å²) in [5.74, 6) is -0.165. The molecule has 2 aliphatic rings. The molecule has 8 heteroatoms. The topological polar surface area (TPSA) is 66.4 Å². The predicted molar refractivity (Wildman–Crippen MR) is 123 cm³/mol. The summed E-state index contributed by atoms with van der Waals surface area (Å²) in [4.78, 5) is 37.5. The maximum Gasteiger partial charge on any atom is 0.239 e. The van der Waals surface area contributed by atoms with Crippen molar-refractivity contribution in [1.29, 1.82) is 0 Å². The maximum absolute atomic E-state index is 12.3. The van der Waals surface area contributed by atoms with E-state index in [2.05, 4.69) is 25.8 Å². The van der Waals surface area contributed by atoms with Crippen LogP contribution in [-0.2, 0) is 17.8 Å². The highest BCUT2D eigenvalue weighted by Crippen LogP contribution is 2.24. The second-order valence-electron chi connectivity index (χ2n) is 8.53. The number of pyridine rings is 2. The molecule has 1 aliphatic heterocycles. The second kappa shape index (κ2) is 10.3. The zero-order chi connectivity index (χ0) is 23.4. The van der Waals surface area contributed by atoms with Crippen LogP contribution in [0.2, 0.25) is 0 Å². The zero-order valence-electron chi connectivity index (χ0n) is 18.8. The number of alkyl halides is 2. The molecule has 1 fully saturated rings. The van der Waals surface area contributed by atoms with E-state index in [0.29, 0.717) is 6.42 Å². The predicted octanol–water partition coefficient (Wildman–Crippen LogP) is 3.95. The highest BCUT2D eigenvalue weighted by Gasteiger charge is 2.21. The normalized spacial score (nSPS) is 16.7. The van der Waals surface area contributed by atoms with E-state index in [0.717, 1.165) is 67.2 Å². The Morgan fingerprint density at radius 3 is 2.58 bits per heavy atom. The molecule has 0 bridgehead atoms. The second-order valence-corrected chi connectivity index (χ2v) is 8.53. The van der Waals surface area contributed by atoms with Crippen LogP contribution in [0.5, 0.6) is 0 Å². The van der Waals surface area contributed by atoms with Crippen molar-refractivity contribution in [3.05, 3.63) is 58.7 Å². The van der Waals surface area contributed by atoms with Gasteiger partial charge in [-0.05, 0) is 41.3 Å². The third kappa shape index (κ3) is 5.68. The van der Waals surface area contributed by atoms with Gasteiger partial charge in [0.05, 0.1) is 17.6 Å². The van der Waals surface area contributed by atoms with E-state index in [1.54, 1.807) is 12.3 Å². The molecule has 0 unspecified atom stereocenters. The first-order valence-corrected chi connectivity index (χ1v) is 11.4. The van der Waals surface area contributed by atoms with Crippen molar-refractivity contribution in [2.75, 3.05) is 31.1 Å². The van der Waals surface area contributed by atoms with Crippen molar-refractivity contribution in [2.24, 2.45) is 0 Å². The molecule has 0 amide bonds. The van der Waals surface area contributed by atoms with E-state index in [1.807, 2.05) is 25.3 Å². The van der Waals surface area contributed by atoms with Crippen molar-refractivity contribution in [3.8, 4) is 0 Å². The zero-order valence-corrected chi connectivity index (χ0v) is 18.8. The maximum atomic E-state index is 12.3. The van der Waals surface area contributed by atoms with E-state index < -0.39 is 12.8 Å². The van der Waals surface area contributed by atoms with Crippen LogP contribution in [-0.4, -0.2) is 59.0 Å². The van der Waals surface area contributed by atoms with Crippen molar-refractivity contribution >= 4 is 23.3 Å². The number of hydrogen-bond acceptors (Lipinski definition) is 6. The molecule has 174 valence electrons. The quantitative estimate of drug-likeness (QED) is 0.563. The number of ketones is 2. The first kappa shape index (κ1) is 23.2. The fraction of sp³-hybridized carbons (Fsp3) is 0.440. The molecule has 3 heterocycles. The molecule has 1 saturated heterocycles. The van der Waals surface area contributed by atoms with E-state index in [9.17, 15) is 18.4 Å². The molecular weight excluding hydrogens is 426 g/mol. The first-order chi connectivity index (χ1) is 15.9. The molecule has 0 N–H and O–H groups in total. The lowest BCUT2D eigenvalue weighted by molar-refractivity contribution is -0.115. The summed E-state index contributed by atoms with van der Waals surface area (Å²) in [7, 11) is 0. The van der Waals surface area contributed by atoms with Crippen LogP contribution >= 0.6 is 0 Å². The molecule has 2 aromatic rings. The number of halogens is 2. The lowest BCUT2D eigenvalue weighted by Gasteiger charge is -2.36. The lowest BCUT2D eigenvalue weighted by Crippen LogP contribution is -2.46. The molecule has 4 rings (SSSR count).